The number of para-hydroxylation sites is 1. The van der Waals surface area contributed by atoms with E-state index >= 15 is 0 Å². The fraction of sp³-hybridized carbons (Fsp3) is 0.0980. The van der Waals surface area contributed by atoms with Gasteiger partial charge in [-0.2, -0.15) is 0 Å². The molecular formula is C51H36FNS. The highest BCUT2D eigenvalue weighted by molar-refractivity contribution is 7.25. The summed E-state index contributed by atoms with van der Waals surface area (Å²) in [6.45, 7) is 0. The molecule has 1 nitrogen and oxygen atoms in total. The van der Waals surface area contributed by atoms with Crippen LogP contribution in [-0.2, 0) is 5.41 Å². The standard InChI is InChI=1S/C51H36FNS/c52-35-23-21-33(22-24-35)38-16-9-11-34-12-10-17-43(50(34)38)40-14-2-5-19-47(40)53(37-25-27-42-41-15-3-6-20-48(41)54-49(42)32-37)36-26-28-46-44(31-36)39-13-1-4-18-45(39)51(46)29-7-8-30-51/h1-6,9-28,31-32H,7-8,29-30H2. The molecule has 2 aliphatic carbocycles. The Hall–Kier alpha value is -6.03. The molecule has 1 aromatic heterocycles. The number of thiophene rings is 1. The monoisotopic (exact) mass is 713 g/mol. The lowest BCUT2D eigenvalue weighted by Gasteiger charge is -2.30. The summed E-state index contributed by atoms with van der Waals surface area (Å²) in [7, 11) is 0. The second-order valence-corrected chi connectivity index (χ2v) is 16.0. The van der Waals surface area contributed by atoms with Crippen molar-refractivity contribution >= 4 is 59.3 Å². The van der Waals surface area contributed by atoms with Gasteiger partial charge < -0.3 is 4.90 Å². The van der Waals surface area contributed by atoms with E-state index in [1.54, 1.807) is 12.1 Å². The van der Waals surface area contributed by atoms with Gasteiger partial charge in [0.05, 0.1) is 5.69 Å². The van der Waals surface area contributed by atoms with Crippen LogP contribution in [0.25, 0.3) is 64.3 Å². The van der Waals surface area contributed by atoms with Crippen LogP contribution in [0.15, 0.2) is 170 Å². The van der Waals surface area contributed by atoms with Gasteiger partial charge in [-0.15, -0.1) is 11.3 Å². The average Bonchev–Trinajstić information content (AvgIpc) is 3.93. The lowest BCUT2D eigenvalue weighted by Crippen LogP contribution is -2.20. The second kappa shape index (κ2) is 12.3. The molecule has 0 radical (unpaired) electrons. The van der Waals surface area contributed by atoms with Crippen LogP contribution in [-0.4, -0.2) is 0 Å². The first-order valence-corrected chi connectivity index (χ1v) is 19.8. The van der Waals surface area contributed by atoms with Crippen molar-refractivity contribution in [2.24, 2.45) is 0 Å². The second-order valence-electron chi connectivity index (χ2n) is 14.9. The molecule has 11 rings (SSSR count). The van der Waals surface area contributed by atoms with Crippen LogP contribution in [0.5, 0.6) is 0 Å². The number of hydrogen-bond donors (Lipinski definition) is 0. The molecule has 1 fully saturated rings. The highest BCUT2D eigenvalue weighted by atomic mass is 32.1. The minimum Gasteiger partial charge on any atom is -0.310 e. The minimum absolute atomic E-state index is 0.114. The van der Waals surface area contributed by atoms with Crippen LogP contribution in [0, 0.1) is 5.82 Å². The van der Waals surface area contributed by atoms with E-state index in [0.717, 1.165) is 50.1 Å². The summed E-state index contributed by atoms with van der Waals surface area (Å²) in [6, 6.07) is 60.8. The summed E-state index contributed by atoms with van der Waals surface area (Å²) in [5.74, 6) is -0.230. The summed E-state index contributed by atoms with van der Waals surface area (Å²) in [5.41, 5.74) is 13.6. The molecule has 3 heteroatoms. The van der Waals surface area contributed by atoms with E-state index in [1.165, 1.54) is 68.1 Å². The molecule has 54 heavy (non-hydrogen) atoms. The van der Waals surface area contributed by atoms with Crippen molar-refractivity contribution in [3.63, 3.8) is 0 Å². The maximum absolute atomic E-state index is 14.1. The van der Waals surface area contributed by atoms with E-state index in [-0.39, 0.29) is 11.2 Å². The van der Waals surface area contributed by atoms with Crippen LogP contribution >= 0.6 is 11.3 Å². The summed E-state index contributed by atoms with van der Waals surface area (Å²) in [4.78, 5) is 2.47. The van der Waals surface area contributed by atoms with Gasteiger partial charge in [-0.05, 0) is 111 Å². The number of halogens is 1. The molecule has 1 saturated carbocycles. The van der Waals surface area contributed by atoms with Gasteiger partial charge in [0, 0.05) is 42.5 Å². The molecule has 0 amide bonds. The van der Waals surface area contributed by atoms with Crippen molar-refractivity contribution in [3.8, 4) is 33.4 Å². The van der Waals surface area contributed by atoms with Gasteiger partial charge in [0.25, 0.3) is 0 Å². The molecule has 0 bridgehead atoms. The Morgan fingerprint density at radius 3 is 1.98 bits per heavy atom. The van der Waals surface area contributed by atoms with Crippen molar-refractivity contribution in [3.05, 3.63) is 187 Å². The Morgan fingerprint density at radius 2 is 1.13 bits per heavy atom. The normalized spacial score (nSPS) is 14.2. The van der Waals surface area contributed by atoms with Crippen LogP contribution < -0.4 is 4.90 Å². The fourth-order valence-corrected chi connectivity index (χ4v) is 10.9. The number of nitrogens with zero attached hydrogens (tertiary/aromatic N) is 1. The lowest BCUT2D eigenvalue weighted by atomic mass is 9.77. The number of hydrogen-bond acceptors (Lipinski definition) is 2. The van der Waals surface area contributed by atoms with Gasteiger partial charge in [-0.25, -0.2) is 4.39 Å². The van der Waals surface area contributed by atoms with Crippen LogP contribution in [0.2, 0.25) is 0 Å². The summed E-state index contributed by atoms with van der Waals surface area (Å²) in [5, 5.41) is 4.90. The Balaban J connectivity index is 1.17. The van der Waals surface area contributed by atoms with Gasteiger partial charge in [0.2, 0.25) is 0 Å². The first-order valence-electron chi connectivity index (χ1n) is 19.0. The highest BCUT2D eigenvalue weighted by Crippen LogP contribution is 2.58. The number of anilines is 3. The zero-order chi connectivity index (χ0) is 35.8. The molecule has 1 spiro atoms. The number of rotatable bonds is 5. The minimum atomic E-state index is -0.230. The molecule has 0 aliphatic heterocycles. The van der Waals surface area contributed by atoms with E-state index in [1.807, 2.05) is 23.5 Å². The largest absolute Gasteiger partial charge is 0.310 e. The van der Waals surface area contributed by atoms with Crippen molar-refractivity contribution in [2.45, 2.75) is 31.1 Å². The first kappa shape index (κ1) is 31.5. The Labute approximate surface area is 318 Å². The molecule has 0 N–H and O–H groups in total. The SMILES string of the molecule is Fc1ccc(-c2cccc3cccc(-c4ccccc4N(c4ccc5c(c4)-c4ccccc4C54CCCC4)c4ccc5c(c4)sc4ccccc45)c23)cc1. The van der Waals surface area contributed by atoms with Crippen molar-refractivity contribution < 1.29 is 4.39 Å². The summed E-state index contributed by atoms with van der Waals surface area (Å²) in [6.07, 6.45) is 4.97. The molecular weight excluding hydrogens is 678 g/mol. The molecule has 2 aliphatic rings. The fourth-order valence-electron chi connectivity index (χ4n) is 9.72. The van der Waals surface area contributed by atoms with Crippen LogP contribution in [0.1, 0.15) is 36.8 Å². The van der Waals surface area contributed by atoms with Gasteiger partial charge in [0.15, 0.2) is 0 Å². The van der Waals surface area contributed by atoms with E-state index in [0.29, 0.717) is 0 Å². The average molecular weight is 714 g/mol. The zero-order valence-electron chi connectivity index (χ0n) is 29.7. The van der Waals surface area contributed by atoms with Crippen LogP contribution in [0.3, 0.4) is 0 Å². The topological polar surface area (TPSA) is 3.24 Å². The molecule has 0 saturated heterocycles. The predicted molar refractivity (Wildman–Crippen MR) is 227 cm³/mol. The number of fused-ring (bicyclic) bond motifs is 9. The van der Waals surface area contributed by atoms with E-state index in [4.69, 9.17) is 0 Å². The quantitative estimate of drug-likeness (QED) is 0.172. The molecule has 0 unspecified atom stereocenters. The van der Waals surface area contributed by atoms with Gasteiger partial charge >= 0.3 is 0 Å². The van der Waals surface area contributed by atoms with E-state index in [9.17, 15) is 4.39 Å². The Bertz CT molecular complexity index is 2910. The summed E-state index contributed by atoms with van der Waals surface area (Å²) >= 11 is 1.86. The number of benzene rings is 8. The molecule has 258 valence electrons. The van der Waals surface area contributed by atoms with E-state index < -0.39 is 0 Å². The van der Waals surface area contributed by atoms with Gasteiger partial charge in [-0.3, -0.25) is 0 Å². The smallest absolute Gasteiger partial charge is 0.123 e. The molecule has 1 heterocycles. The molecule has 9 aromatic rings. The van der Waals surface area contributed by atoms with Crippen LogP contribution in [0.4, 0.5) is 21.5 Å². The highest BCUT2D eigenvalue weighted by Gasteiger charge is 2.45. The maximum atomic E-state index is 14.1. The predicted octanol–water partition coefficient (Wildman–Crippen LogP) is 15.0. The van der Waals surface area contributed by atoms with Gasteiger partial charge in [0.1, 0.15) is 5.82 Å². The molecule has 8 aromatic carbocycles. The van der Waals surface area contributed by atoms with Crippen molar-refractivity contribution in [1.29, 1.82) is 0 Å². The Kier molecular flexibility index (Phi) is 7.15. The third-order valence-corrected chi connectivity index (χ3v) is 13.2. The van der Waals surface area contributed by atoms with Gasteiger partial charge in [-0.1, -0.05) is 134 Å². The lowest BCUT2D eigenvalue weighted by molar-refractivity contribution is 0.550. The summed E-state index contributed by atoms with van der Waals surface area (Å²) < 4.78 is 16.7. The van der Waals surface area contributed by atoms with E-state index in [2.05, 4.69) is 150 Å². The van der Waals surface area contributed by atoms with Crippen molar-refractivity contribution in [1.82, 2.24) is 0 Å². The zero-order valence-corrected chi connectivity index (χ0v) is 30.5. The first-order chi connectivity index (χ1) is 26.7. The Morgan fingerprint density at radius 1 is 0.481 bits per heavy atom. The third-order valence-electron chi connectivity index (χ3n) is 12.1. The maximum Gasteiger partial charge on any atom is 0.123 e. The van der Waals surface area contributed by atoms with Crippen molar-refractivity contribution in [2.75, 3.05) is 4.90 Å². The third kappa shape index (κ3) is 4.75. The molecule has 0 atom stereocenters.